The Morgan fingerprint density at radius 3 is 2.65 bits per heavy atom. The number of aliphatic hydroxyl groups is 1. The van der Waals surface area contributed by atoms with Gasteiger partial charge in [0.2, 0.25) is 0 Å². The first kappa shape index (κ1) is 16.5. The number of rotatable bonds is 5. The van der Waals surface area contributed by atoms with Gasteiger partial charge < -0.3 is 20.9 Å². The van der Waals surface area contributed by atoms with Gasteiger partial charge in [-0.15, -0.1) is 0 Å². The van der Waals surface area contributed by atoms with E-state index in [-0.39, 0.29) is 17.9 Å². The third-order valence-corrected chi connectivity index (χ3v) is 3.06. The molecule has 4 N–H and O–H groups in total. The third-order valence-electron chi connectivity index (χ3n) is 2.57. The Labute approximate surface area is 125 Å². The van der Waals surface area contributed by atoms with Crippen molar-refractivity contribution in [3.05, 3.63) is 28.2 Å². The van der Waals surface area contributed by atoms with E-state index in [0.717, 1.165) is 4.47 Å². The first-order chi connectivity index (χ1) is 9.36. The average Bonchev–Trinajstić information content (AvgIpc) is 2.35. The van der Waals surface area contributed by atoms with Gasteiger partial charge in [0.1, 0.15) is 0 Å². The topological polar surface area (TPSA) is 102 Å². The van der Waals surface area contributed by atoms with E-state index in [2.05, 4.69) is 21.2 Å². The van der Waals surface area contributed by atoms with E-state index >= 15 is 0 Å². The van der Waals surface area contributed by atoms with Crippen molar-refractivity contribution >= 4 is 33.5 Å². The van der Waals surface area contributed by atoms with Gasteiger partial charge in [0, 0.05) is 10.2 Å². The number of benzene rings is 1. The maximum Gasteiger partial charge on any atom is 0.331 e. The molecular weight excluding hydrogens is 328 g/mol. The first-order valence-corrected chi connectivity index (χ1v) is 6.86. The Hall–Kier alpha value is -1.60. The predicted octanol–water partition coefficient (Wildman–Crippen LogP) is 1.07. The molecule has 0 radical (unpaired) electrons. The summed E-state index contributed by atoms with van der Waals surface area (Å²) in [6.45, 7) is 3.21. The summed E-state index contributed by atoms with van der Waals surface area (Å²) in [6.07, 6.45) is -1.07. The molecule has 7 heteroatoms. The van der Waals surface area contributed by atoms with Crippen LogP contribution in [0.5, 0.6) is 0 Å². The Balaban J connectivity index is 2.88. The summed E-state index contributed by atoms with van der Waals surface area (Å²) in [5.41, 5.74) is 6.23. The molecule has 0 bridgehead atoms. The van der Waals surface area contributed by atoms with Crippen LogP contribution in [-0.2, 0) is 9.53 Å². The first-order valence-electron chi connectivity index (χ1n) is 6.07. The van der Waals surface area contributed by atoms with Gasteiger partial charge in [0.05, 0.1) is 18.3 Å². The molecule has 0 saturated heterocycles. The molecule has 1 rings (SSSR count). The number of nitrogen functional groups attached to an aromatic ring is 1. The molecule has 1 aromatic rings. The number of aliphatic hydroxyl groups excluding tert-OH is 1. The van der Waals surface area contributed by atoms with Crippen LogP contribution in [0.1, 0.15) is 24.2 Å². The maximum atomic E-state index is 12.1. The lowest BCUT2D eigenvalue weighted by Gasteiger charge is -2.20. The van der Waals surface area contributed by atoms with Crippen molar-refractivity contribution in [3.63, 3.8) is 0 Å². The second-order valence-electron chi connectivity index (χ2n) is 4.18. The van der Waals surface area contributed by atoms with Crippen molar-refractivity contribution in [3.8, 4) is 0 Å². The van der Waals surface area contributed by atoms with Crippen molar-refractivity contribution < 1.29 is 19.4 Å². The van der Waals surface area contributed by atoms with Crippen LogP contribution in [0.4, 0.5) is 5.69 Å². The molecule has 0 aliphatic rings. The number of halogens is 1. The van der Waals surface area contributed by atoms with Gasteiger partial charge in [-0.2, -0.15) is 0 Å². The van der Waals surface area contributed by atoms with E-state index in [1.165, 1.54) is 13.0 Å². The maximum absolute atomic E-state index is 12.1. The standard InChI is InChI=1S/C13H17BrN2O4/c1-3-20-13(19)11(7(2)17)16-12(18)9-5-4-8(14)6-10(9)15/h4-7,11,17H,3,15H2,1-2H3,(H,16,18). The van der Waals surface area contributed by atoms with Crippen LogP contribution in [0.25, 0.3) is 0 Å². The van der Waals surface area contributed by atoms with E-state index in [0.29, 0.717) is 0 Å². The van der Waals surface area contributed by atoms with E-state index in [9.17, 15) is 14.7 Å². The summed E-state index contributed by atoms with van der Waals surface area (Å²) in [6, 6.07) is 3.63. The summed E-state index contributed by atoms with van der Waals surface area (Å²) in [7, 11) is 0. The Kier molecular flexibility index (Phi) is 5.97. The van der Waals surface area contributed by atoms with E-state index in [4.69, 9.17) is 10.5 Å². The molecule has 0 heterocycles. The van der Waals surface area contributed by atoms with Gasteiger partial charge in [0.15, 0.2) is 6.04 Å². The molecule has 110 valence electrons. The average molecular weight is 345 g/mol. The Morgan fingerprint density at radius 2 is 2.15 bits per heavy atom. The second-order valence-corrected chi connectivity index (χ2v) is 5.09. The van der Waals surface area contributed by atoms with Gasteiger partial charge >= 0.3 is 5.97 Å². The van der Waals surface area contributed by atoms with Gasteiger partial charge in [-0.25, -0.2) is 4.79 Å². The molecule has 2 unspecified atom stereocenters. The lowest BCUT2D eigenvalue weighted by Crippen LogP contribution is -2.48. The summed E-state index contributed by atoms with van der Waals surface area (Å²) in [5, 5.41) is 12.0. The molecule has 1 aromatic carbocycles. The SMILES string of the molecule is CCOC(=O)C(NC(=O)c1ccc(Br)cc1N)C(C)O. The fourth-order valence-corrected chi connectivity index (χ4v) is 1.95. The van der Waals surface area contributed by atoms with Crippen molar-refractivity contribution in [2.45, 2.75) is 26.0 Å². The summed E-state index contributed by atoms with van der Waals surface area (Å²) < 4.78 is 5.54. The van der Waals surface area contributed by atoms with Gasteiger partial charge in [-0.3, -0.25) is 4.79 Å². The minimum Gasteiger partial charge on any atom is -0.464 e. The molecule has 20 heavy (non-hydrogen) atoms. The monoisotopic (exact) mass is 344 g/mol. The molecule has 2 atom stereocenters. The molecule has 0 aromatic heterocycles. The molecule has 0 aliphatic heterocycles. The number of hydrogen-bond donors (Lipinski definition) is 3. The Morgan fingerprint density at radius 1 is 1.50 bits per heavy atom. The number of carbonyl (C=O) groups is 2. The molecule has 0 saturated carbocycles. The van der Waals surface area contributed by atoms with Crippen LogP contribution >= 0.6 is 15.9 Å². The quantitative estimate of drug-likeness (QED) is 0.547. The number of ether oxygens (including phenoxy) is 1. The predicted molar refractivity (Wildman–Crippen MR) is 78.1 cm³/mol. The number of carbonyl (C=O) groups excluding carboxylic acids is 2. The number of hydrogen-bond acceptors (Lipinski definition) is 5. The van der Waals surface area contributed by atoms with Crippen molar-refractivity contribution in [1.29, 1.82) is 0 Å². The molecule has 1 amide bonds. The summed E-state index contributed by atoms with van der Waals surface area (Å²) in [5.74, 6) is -1.24. The zero-order valence-corrected chi connectivity index (χ0v) is 12.8. The van der Waals surface area contributed by atoms with Gasteiger partial charge in [-0.1, -0.05) is 15.9 Å². The number of nitrogens with two attached hydrogens (primary N) is 1. The van der Waals surface area contributed by atoms with Crippen molar-refractivity contribution in [2.24, 2.45) is 0 Å². The van der Waals surface area contributed by atoms with Crippen molar-refractivity contribution in [1.82, 2.24) is 5.32 Å². The van der Waals surface area contributed by atoms with Crippen LogP contribution in [0.15, 0.2) is 22.7 Å². The van der Waals surface area contributed by atoms with Gasteiger partial charge in [-0.05, 0) is 32.0 Å². The fraction of sp³-hybridized carbons (Fsp3) is 0.385. The van der Waals surface area contributed by atoms with Crippen LogP contribution in [-0.4, -0.2) is 35.7 Å². The number of esters is 1. The second kappa shape index (κ2) is 7.25. The van der Waals surface area contributed by atoms with E-state index in [1.807, 2.05) is 0 Å². The molecule has 0 spiro atoms. The van der Waals surface area contributed by atoms with Crippen LogP contribution in [0.2, 0.25) is 0 Å². The minimum atomic E-state index is -1.13. The van der Waals surface area contributed by atoms with Gasteiger partial charge in [0.25, 0.3) is 5.91 Å². The van der Waals surface area contributed by atoms with E-state index < -0.39 is 24.0 Å². The Bertz CT molecular complexity index is 505. The molecular formula is C13H17BrN2O4. The lowest BCUT2D eigenvalue weighted by molar-refractivity contribution is -0.148. The molecule has 0 fully saturated rings. The van der Waals surface area contributed by atoms with Crippen molar-refractivity contribution in [2.75, 3.05) is 12.3 Å². The zero-order chi connectivity index (χ0) is 15.3. The summed E-state index contributed by atoms with van der Waals surface area (Å²) >= 11 is 3.24. The summed E-state index contributed by atoms with van der Waals surface area (Å²) in [4.78, 5) is 23.7. The highest BCUT2D eigenvalue weighted by atomic mass is 79.9. The number of nitrogens with one attached hydrogen (secondary N) is 1. The zero-order valence-electron chi connectivity index (χ0n) is 11.2. The number of amides is 1. The third kappa shape index (κ3) is 4.21. The largest absolute Gasteiger partial charge is 0.464 e. The number of anilines is 1. The highest BCUT2D eigenvalue weighted by Crippen LogP contribution is 2.18. The lowest BCUT2D eigenvalue weighted by atomic mass is 10.1. The van der Waals surface area contributed by atoms with Crippen LogP contribution in [0.3, 0.4) is 0 Å². The fourth-order valence-electron chi connectivity index (χ4n) is 1.57. The van der Waals surface area contributed by atoms with Crippen LogP contribution < -0.4 is 11.1 Å². The molecule has 6 nitrogen and oxygen atoms in total. The highest BCUT2D eigenvalue weighted by Gasteiger charge is 2.27. The van der Waals surface area contributed by atoms with E-state index in [1.54, 1.807) is 19.1 Å². The highest BCUT2D eigenvalue weighted by molar-refractivity contribution is 9.10. The normalized spacial score (nSPS) is 13.4. The molecule has 0 aliphatic carbocycles. The minimum absolute atomic E-state index is 0.165. The smallest absolute Gasteiger partial charge is 0.331 e. The van der Waals surface area contributed by atoms with Crippen LogP contribution in [0, 0.1) is 0 Å².